The molecule has 0 aliphatic heterocycles. The number of aromatic nitrogens is 2. The highest BCUT2D eigenvalue weighted by molar-refractivity contribution is 7.98. The molecular weight excluding hydrogens is 228 g/mol. The minimum absolute atomic E-state index is 0.195. The first-order chi connectivity index (χ1) is 7.70. The van der Waals surface area contributed by atoms with Gasteiger partial charge in [0.2, 0.25) is 5.89 Å². The Bertz CT molecular complexity index is 372. The van der Waals surface area contributed by atoms with Crippen molar-refractivity contribution in [1.29, 1.82) is 0 Å². The Morgan fingerprint density at radius 2 is 2.06 bits per heavy atom. The topological polar surface area (TPSA) is 76.2 Å². The molecule has 1 aliphatic carbocycles. The fourth-order valence-corrected chi connectivity index (χ4v) is 2.35. The van der Waals surface area contributed by atoms with E-state index in [1.807, 2.05) is 6.26 Å². The third kappa shape index (κ3) is 2.37. The largest absolute Gasteiger partial charge is 0.481 e. The van der Waals surface area contributed by atoms with E-state index in [4.69, 9.17) is 9.52 Å². The zero-order valence-corrected chi connectivity index (χ0v) is 9.87. The van der Waals surface area contributed by atoms with E-state index in [9.17, 15) is 4.79 Å². The minimum Gasteiger partial charge on any atom is -0.481 e. The molecule has 1 heterocycles. The highest BCUT2D eigenvalue weighted by Gasteiger charge is 2.29. The van der Waals surface area contributed by atoms with Crippen LogP contribution in [-0.2, 0) is 4.79 Å². The van der Waals surface area contributed by atoms with Crippen LogP contribution < -0.4 is 0 Å². The summed E-state index contributed by atoms with van der Waals surface area (Å²) >= 11 is 1.42. The normalized spacial score (nSPS) is 25.6. The van der Waals surface area contributed by atoms with E-state index in [1.54, 1.807) is 0 Å². The first-order valence-electron chi connectivity index (χ1n) is 5.31. The third-order valence-corrected chi connectivity index (χ3v) is 3.54. The van der Waals surface area contributed by atoms with Gasteiger partial charge in [-0.1, -0.05) is 11.8 Å². The van der Waals surface area contributed by atoms with Crippen molar-refractivity contribution < 1.29 is 14.3 Å². The summed E-state index contributed by atoms with van der Waals surface area (Å²) in [5.74, 6) is 0.0187. The summed E-state index contributed by atoms with van der Waals surface area (Å²) in [5.41, 5.74) is 0. The van der Waals surface area contributed by atoms with Crippen LogP contribution in [0.2, 0.25) is 0 Å². The lowest BCUT2D eigenvalue weighted by atomic mass is 9.82. The van der Waals surface area contributed by atoms with E-state index in [0.717, 1.165) is 12.8 Å². The van der Waals surface area contributed by atoms with Crippen LogP contribution in [0.4, 0.5) is 0 Å². The summed E-state index contributed by atoms with van der Waals surface area (Å²) in [6.45, 7) is 0. The minimum atomic E-state index is -0.686. The van der Waals surface area contributed by atoms with E-state index < -0.39 is 5.97 Å². The van der Waals surface area contributed by atoms with Gasteiger partial charge in [0.05, 0.1) is 5.92 Å². The summed E-state index contributed by atoms with van der Waals surface area (Å²) in [4.78, 5) is 10.8. The van der Waals surface area contributed by atoms with Gasteiger partial charge in [-0.05, 0) is 31.9 Å². The Kier molecular flexibility index (Phi) is 3.48. The molecule has 16 heavy (non-hydrogen) atoms. The molecule has 5 nitrogen and oxygen atoms in total. The molecule has 0 saturated heterocycles. The Morgan fingerprint density at radius 1 is 1.38 bits per heavy atom. The van der Waals surface area contributed by atoms with Crippen LogP contribution in [-0.4, -0.2) is 27.5 Å². The molecule has 0 aromatic carbocycles. The lowest BCUT2D eigenvalue weighted by Gasteiger charge is -2.23. The maximum Gasteiger partial charge on any atom is 0.306 e. The van der Waals surface area contributed by atoms with Gasteiger partial charge in [-0.15, -0.1) is 10.2 Å². The fraction of sp³-hybridized carbons (Fsp3) is 0.700. The zero-order chi connectivity index (χ0) is 11.5. The quantitative estimate of drug-likeness (QED) is 0.818. The van der Waals surface area contributed by atoms with E-state index in [2.05, 4.69) is 10.2 Å². The van der Waals surface area contributed by atoms with Crippen LogP contribution in [0.3, 0.4) is 0 Å². The molecule has 0 bridgehead atoms. The number of rotatable bonds is 3. The predicted octanol–water partition coefficient (Wildman–Crippen LogP) is 2.15. The predicted molar refractivity (Wildman–Crippen MR) is 58.4 cm³/mol. The maximum atomic E-state index is 10.8. The zero-order valence-electron chi connectivity index (χ0n) is 9.05. The Labute approximate surface area is 97.6 Å². The van der Waals surface area contributed by atoms with Crippen LogP contribution in [0, 0.1) is 5.92 Å². The molecule has 1 N–H and O–H groups in total. The molecule has 1 aromatic heterocycles. The smallest absolute Gasteiger partial charge is 0.306 e. The third-order valence-electron chi connectivity index (χ3n) is 3.02. The van der Waals surface area contributed by atoms with Crippen molar-refractivity contribution in [2.24, 2.45) is 5.92 Å². The second-order valence-corrected chi connectivity index (χ2v) is 4.75. The van der Waals surface area contributed by atoms with Gasteiger partial charge < -0.3 is 9.52 Å². The molecule has 0 spiro atoms. The van der Waals surface area contributed by atoms with Crippen molar-refractivity contribution in [2.75, 3.05) is 6.26 Å². The molecular formula is C10H14N2O3S. The molecule has 2 rings (SSSR count). The molecule has 1 fully saturated rings. The number of nitrogens with zero attached hydrogens (tertiary/aromatic N) is 2. The number of carboxylic acids is 1. The SMILES string of the molecule is CSc1nnc(C2CCC(C(=O)O)CC2)o1. The van der Waals surface area contributed by atoms with Gasteiger partial charge in [-0.2, -0.15) is 0 Å². The van der Waals surface area contributed by atoms with Gasteiger partial charge in [-0.3, -0.25) is 4.79 Å². The van der Waals surface area contributed by atoms with Gasteiger partial charge in [-0.25, -0.2) is 0 Å². The average Bonchev–Trinajstić information content (AvgIpc) is 2.77. The van der Waals surface area contributed by atoms with Crippen LogP contribution in [0.5, 0.6) is 0 Å². The molecule has 1 aromatic rings. The van der Waals surface area contributed by atoms with E-state index in [0.29, 0.717) is 24.0 Å². The number of carbonyl (C=O) groups is 1. The van der Waals surface area contributed by atoms with Gasteiger partial charge in [0.1, 0.15) is 0 Å². The van der Waals surface area contributed by atoms with E-state index in [1.165, 1.54) is 11.8 Å². The second-order valence-electron chi connectivity index (χ2n) is 4.00. The monoisotopic (exact) mass is 242 g/mol. The van der Waals surface area contributed by atoms with Crippen molar-refractivity contribution in [3.63, 3.8) is 0 Å². The molecule has 1 aliphatic rings. The second kappa shape index (κ2) is 4.86. The van der Waals surface area contributed by atoms with Crippen LogP contribution >= 0.6 is 11.8 Å². The first-order valence-corrected chi connectivity index (χ1v) is 6.53. The Morgan fingerprint density at radius 3 is 2.56 bits per heavy atom. The van der Waals surface area contributed by atoms with Crippen molar-refractivity contribution in [3.8, 4) is 0 Å². The number of hydrogen-bond acceptors (Lipinski definition) is 5. The Hall–Kier alpha value is -1.04. The molecule has 0 radical (unpaired) electrons. The summed E-state index contributed by atoms with van der Waals surface area (Å²) in [6.07, 6.45) is 4.95. The van der Waals surface area contributed by atoms with E-state index >= 15 is 0 Å². The van der Waals surface area contributed by atoms with Crippen molar-refractivity contribution in [3.05, 3.63) is 5.89 Å². The van der Waals surface area contributed by atoms with Gasteiger partial charge in [0.15, 0.2) is 0 Å². The van der Waals surface area contributed by atoms with Gasteiger partial charge in [0.25, 0.3) is 5.22 Å². The average molecular weight is 242 g/mol. The number of carboxylic acid groups (broad SMARTS) is 1. The number of hydrogen-bond donors (Lipinski definition) is 1. The summed E-state index contributed by atoms with van der Waals surface area (Å²) in [5, 5.41) is 17.4. The summed E-state index contributed by atoms with van der Waals surface area (Å²) in [6, 6.07) is 0. The van der Waals surface area contributed by atoms with Crippen molar-refractivity contribution in [2.45, 2.75) is 36.8 Å². The lowest BCUT2D eigenvalue weighted by Crippen LogP contribution is -2.20. The number of thioether (sulfide) groups is 1. The molecule has 88 valence electrons. The fourth-order valence-electron chi connectivity index (χ4n) is 2.06. The molecule has 0 amide bonds. The van der Waals surface area contributed by atoms with Gasteiger partial charge >= 0.3 is 5.97 Å². The van der Waals surface area contributed by atoms with Crippen LogP contribution in [0.15, 0.2) is 9.64 Å². The number of aliphatic carboxylic acids is 1. The molecule has 0 atom stereocenters. The van der Waals surface area contributed by atoms with Crippen molar-refractivity contribution >= 4 is 17.7 Å². The standard InChI is InChI=1S/C10H14N2O3S/c1-16-10-12-11-8(15-10)6-2-4-7(5-3-6)9(13)14/h6-7H,2-5H2,1H3,(H,13,14). The summed E-state index contributed by atoms with van der Waals surface area (Å²) < 4.78 is 5.46. The maximum absolute atomic E-state index is 10.8. The first kappa shape index (κ1) is 11.4. The molecule has 6 heteroatoms. The Balaban J connectivity index is 1.96. The van der Waals surface area contributed by atoms with E-state index in [-0.39, 0.29) is 11.8 Å². The summed E-state index contributed by atoms with van der Waals surface area (Å²) in [7, 11) is 0. The lowest BCUT2D eigenvalue weighted by molar-refractivity contribution is -0.142. The van der Waals surface area contributed by atoms with Crippen LogP contribution in [0.25, 0.3) is 0 Å². The van der Waals surface area contributed by atoms with Gasteiger partial charge in [0, 0.05) is 5.92 Å². The highest BCUT2D eigenvalue weighted by atomic mass is 32.2. The molecule has 0 unspecified atom stereocenters. The van der Waals surface area contributed by atoms with Crippen LogP contribution in [0.1, 0.15) is 37.5 Å². The molecule has 1 saturated carbocycles. The van der Waals surface area contributed by atoms with Crippen molar-refractivity contribution in [1.82, 2.24) is 10.2 Å². The highest BCUT2D eigenvalue weighted by Crippen LogP contribution is 2.35.